The minimum atomic E-state index is -0.553. The van der Waals surface area contributed by atoms with Crippen molar-refractivity contribution < 1.29 is 19.4 Å². The number of aliphatic hydroxyl groups is 1. The Morgan fingerprint density at radius 2 is 2.00 bits per heavy atom. The van der Waals surface area contributed by atoms with Gasteiger partial charge in [-0.25, -0.2) is 4.98 Å². The van der Waals surface area contributed by atoms with Crippen LogP contribution in [0.3, 0.4) is 0 Å². The Morgan fingerprint density at radius 3 is 2.74 bits per heavy atom. The highest BCUT2D eigenvalue weighted by atomic mass is 16.6. The number of piperidine rings is 1. The number of aromatic nitrogens is 2. The molecule has 34 heavy (non-hydrogen) atoms. The number of rotatable bonds is 4. The van der Waals surface area contributed by atoms with Gasteiger partial charge in [0.25, 0.3) is 0 Å². The molecule has 3 fully saturated rings. The Balaban J connectivity index is 1.13. The molecular weight excluding hydrogens is 430 g/mol. The van der Waals surface area contributed by atoms with E-state index in [2.05, 4.69) is 29.0 Å². The minimum Gasteiger partial charge on any atom is -0.390 e. The van der Waals surface area contributed by atoms with E-state index in [1.165, 1.54) is 5.56 Å². The summed E-state index contributed by atoms with van der Waals surface area (Å²) in [5.41, 5.74) is 2.39. The van der Waals surface area contributed by atoms with Crippen LogP contribution < -0.4 is 0 Å². The van der Waals surface area contributed by atoms with Crippen molar-refractivity contribution >= 4 is 16.9 Å². The first-order valence-corrected chi connectivity index (χ1v) is 12.8. The summed E-state index contributed by atoms with van der Waals surface area (Å²) < 4.78 is 12.7. The van der Waals surface area contributed by atoms with Gasteiger partial charge < -0.3 is 24.5 Å². The highest BCUT2D eigenvalue weighted by Gasteiger charge is 2.53. The van der Waals surface area contributed by atoms with Crippen LogP contribution in [0.1, 0.15) is 70.7 Å². The summed E-state index contributed by atoms with van der Waals surface area (Å²) in [6.45, 7) is 10.4. The standard InChI is InChI=1S/C27H39N3O4/c1-18-28-20-7-5-19(15-21(20)29-18)6-8-24(32)30-13-11-27(12-14-30)16-23(33-17-27)26(4)10-9-22(31)25(2,3)34-26/h5,7,15,22-23,31H,6,8-14,16-17H2,1-4H3,(H,28,29)/t22-,23+,26+/m0/s1. The lowest BCUT2D eigenvalue weighted by molar-refractivity contribution is -0.245. The predicted molar refractivity (Wildman–Crippen MR) is 131 cm³/mol. The van der Waals surface area contributed by atoms with E-state index in [0.717, 1.165) is 75.1 Å². The van der Waals surface area contributed by atoms with E-state index in [-0.39, 0.29) is 23.0 Å². The summed E-state index contributed by atoms with van der Waals surface area (Å²) in [5, 5.41) is 10.3. The number of carbonyl (C=O) groups is 1. The molecular formula is C27H39N3O4. The monoisotopic (exact) mass is 469 g/mol. The molecule has 1 aromatic carbocycles. The highest BCUT2D eigenvalue weighted by molar-refractivity contribution is 5.78. The van der Waals surface area contributed by atoms with E-state index in [1.54, 1.807) is 0 Å². The molecule has 5 rings (SSSR count). The van der Waals surface area contributed by atoms with Gasteiger partial charge in [0, 0.05) is 19.5 Å². The fourth-order valence-corrected chi connectivity index (χ4v) is 6.23. The summed E-state index contributed by atoms with van der Waals surface area (Å²) in [6, 6.07) is 6.21. The number of hydrogen-bond donors (Lipinski definition) is 2. The smallest absolute Gasteiger partial charge is 0.222 e. The second-order valence-electron chi connectivity index (χ2n) is 11.6. The summed E-state index contributed by atoms with van der Waals surface area (Å²) in [5.74, 6) is 1.15. The third-order valence-electron chi connectivity index (χ3n) is 8.57. The van der Waals surface area contributed by atoms with Gasteiger partial charge in [-0.05, 0) is 89.3 Å². The Hall–Kier alpha value is -1.96. The summed E-state index contributed by atoms with van der Waals surface area (Å²) in [7, 11) is 0. The van der Waals surface area contributed by atoms with Crippen LogP contribution in [-0.2, 0) is 20.7 Å². The van der Waals surface area contributed by atoms with Crippen molar-refractivity contribution in [2.24, 2.45) is 5.41 Å². The number of aryl methyl sites for hydroxylation is 2. The second-order valence-corrected chi connectivity index (χ2v) is 11.6. The molecule has 3 aliphatic heterocycles. The maximum absolute atomic E-state index is 12.9. The van der Waals surface area contributed by atoms with Gasteiger partial charge in [0.1, 0.15) is 5.82 Å². The normalized spacial score (nSPS) is 30.8. The van der Waals surface area contributed by atoms with Crippen LogP contribution in [0.4, 0.5) is 0 Å². The Bertz CT molecular complexity index is 1060. The van der Waals surface area contributed by atoms with Gasteiger partial charge in [0.2, 0.25) is 5.91 Å². The molecule has 186 valence electrons. The van der Waals surface area contributed by atoms with Gasteiger partial charge in [-0.3, -0.25) is 4.79 Å². The van der Waals surface area contributed by atoms with Gasteiger partial charge in [0.15, 0.2) is 0 Å². The average Bonchev–Trinajstić information content (AvgIpc) is 3.38. The predicted octanol–water partition coefficient (Wildman–Crippen LogP) is 3.91. The zero-order chi connectivity index (χ0) is 24.1. The fourth-order valence-electron chi connectivity index (χ4n) is 6.23. The molecule has 0 saturated carbocycles. The zero-order valence-electron chi connectivity index (χ0n) is 21.0. The lowest BCUT2D eigenvalue weighted by atomic mass is 9.73. The van der Waals surface area contributed by atoms with Gasteiger partial charge in [0.05, 0.1) is 41.1 Å². The largest absolute Gasteiger partial charge is 0.390 e. The number of ether oxygens (including phenoxy) is 2. The molecule has 4 heterocycles. The Morgan fingerprint density at radius 1 is 1.24 bits per heavy atom. The summed E-state index contributed by atoms with van der Waals surface area (Å²) in [4.78, 5) is 22.7. The van der Waals surface area contributed by atoms with Crippen molar-refractivity contribution in [2.45, 2.75) is 96.1 Å². The number of nitrogens with one attached hydrogen (secondary N) is 1. The number of imidazole rings is 1. The third kappa shape index (κ3) is 4.50. The number of carbonyl (C=O) groups excluding carboxylic acids is 1. The maximum atomic E-state index is 12.9. The minimum absolute atomic E-state index is 0.0440. The van der Waals surface area contributed by atoms with E-state index in [9.17, 15) is 9.90 Å². The molecule has 2 N–H and O–H groups in total. The molecule has 3 atom stereocenters. The van der Waals surface area contributed by atoms with Crippen LogP contribution in [0.25, 0.3) is 11.0 Å². The van der Waals surface area contributed by atoms with Gasteiger partial charge >= 0.3 is 0 Å². The number of aliphatic hydroxyl groups excluding tert-OH is 1. The van der Waals surface area contributed by atoms with Crippen LogP contribution in [0.2, 0.25) is 0 Å². The van der Waals surface area contributed by atoms with Crippen molar-refractivity contribution in [3.8, 4) is 0 Å². The lowest BCUT2D eigenvalue weighted by Crippen LogP contribution is -2.56. The number of likely N-dealkylation sites (tertiary alicyclic amines) is 1. The van der Waals surface area contributed by atoms with Gasteiger partial charge in [-0.2, -0.15) is 0 Å². The molecule has 0 radical (unpaired) electrons. The van der Waals surface area contributed by atoms with Crippen LogP contribution in [-0.4, -0.2) is 69.0 Å². The molecule has 1 spiro atoms. The van der Waals surface area contributed by atoms with E-state index < -0.39 is 11.7 Å². The number of amides is 1. The first-order chi connectivity index (χ1) is 16.1. The van der Waals surface area contributed by atoms with Gasteiger partial charge in [-0.1, -0.05) is 6.07 Å². The maximum Gasteiger partial charge on any atom is 0.222 e. The van der Waals surface area contributed by atoms with Crippen LogP contribution in [0.5, 0.6) is 0 Å². The average molecular weight is 470 g/mol. The SMILES string of the molecule is Cc1nc2ccc(CCC(=O)N3CCC4(CC3)CO[C@@H]([C@@]3(C)CC[C@H](O)C(C)(C)O3)C4)cc2[nH]1. The molecule has 0 aliphatic carbocycles. The number of fused-ring (bicyclic) bond motifs is 1. The molecule has 2 aromatic rings. The zero-order valence-corrected chi connectivity index (χ0v) is 21.0. The first-order valence-electron chi connectivity index (χ1n) is 12.8. The number of H-pyrrole nitrogens is 1. The highest BCUT2D eigenvalue weighted by Crippen LogP contribution is 2.49. The van der Waals surface area contributed by atoms with E-state index in [1.807, 2.05) is 31.7 Å². The summed E-state index contributed by atoms with van der Waals surface area (Å²) >= 11 is 0. The van der Waals surface area contributed by atoms with E-state index >= 15 is 0 Å². The van der Waals surface area contributed by atoms with Crippen molar-refractivity contribution in [3.05, 3.63) is 29.6 Å². The van der Waals surface area contributed by atoms with Crippen LogP contribution in [0, 0.1) is 12.3 Å². The number of hydrogen-bond acceptors (Lipinski definition) is 5. The molecule has 0 unspecified atom stereocenters. The molecule has 0 bridgehead atoms. The first kappa shape index (κ1) is 23.8. The van der Waals surface area contributed by atoms with Crippen molar-refractivity contribution in [1.29, 1.82) is 0 Å². The van der Waals surface area contributed by atoms with E-state index in [4.69, 9.17) is 9.47 Å². The fraction of sp³-hybridized carbons (Fsp3) is 0.704. The topological polar surface area (TPSA) is 87.7 Å². The molecule has 1 aromatic heterocycles. The number of benzene rings is 1. The third-order valence-corrected chi connectivity index (χ3v) is 8.57. The van der Waals surface area contributed by atoms with Crippen LogP contribution in [0.15, 0.2) is 18.2 Å². The van der Waals surface area contributed by atoms with Crippen molar-refractivity contribution in [2.75, 3.05) is 19.7 Å². The van der Waals surface area contributed by atoms with Crippen molar-refractivity contribution in [3.63, 3.8) is 0 Å². The summed E-state index contributed by atoms with van der Waals surface area (Å²) in [6.07, 6.45) is 5.39. The van der Waals surface area contributed by atoms with Crippen molar-refractivity contribution in [1.82, 2.24) is 14.9 Å². The van der Waals surface area contributed by atoms with Crippen LogP contribution >= 0.6 is 0 Å². The molecule has 7 nitrogen and oxygen atoms in total. The van der Waals surface area contributed by atoms with Gasteiger partial charge in [-0.15, -0.1) is 0 Å². The molecule has 3 saturated heterocycles. The lowest BCUT2D eigenvalue weighted by Gasteiger charge is -2.48. The second kappa shape index (κ2) is 8.61. The Kier molecular flexibility index (Phi) is 6.02. The number of nitrogens with zero attached hydrogens (tertiary/aromatic N) is 2. The quantitative estimate of drug-likeness (QED) is 0.709. The Labute approximate surface area is 202 Å². The molecule has 3 aliphatic rings. The molecule has 7 heteroatoms. The number of aromatic amines is 1. The molecule has 1 amide bonds. The van der Waals surface area contributed by atoms with E-state index in [0.29, 0.717) is 6.42 Å².